The Balaban J connectivity index is 2.71. The molecule has 3 heteroatoms. The van der Waals surface area contributed by atoms with Crippen LogP contribution in [0.25, 0.3) is 0 Å². The van der Waals surface area contributed by atoms with Crippen molar-refractivity contribution in [2.45, 2.75) is 19.8 Å². The highest BCUT2D eigenvalue weighted by molar-refractivity contribution is 5.00. The van der Waals surface area contributed by atoms with E-state index in [0.29, 0.717) is 18.4 Å². The molecule has 0 fully saturated rings. The van der Waals surface area contributed by atoms with Crippen LogP contribution >= 0.6 is 0 Å². The molecular weight excluding hydrogens is 140 g/mol. The van der Waals surface area contributed by atoms with E-state index in [0.717, 1.165) is 5.76 Å². The van der Waals surface area contributed by atoms with Gasteiger partial charge < -0.3 is 10.2 Å². The number of oxazole rings is 1. The monoisotopic (exact) mass is 154 g/mol. The molecule has 0 aliphatic carbocycles. The summed E-state index contributed by atoms with van der Waals surface area (Å²) in [6, 6.07) is 0. The summed E-state index contributed by atoms with van der Waals surface area (Å²) in [5, 5.41) is 0. The standard InChI is InChI=1S/C8H14N2O/c1-6(2)7(3-9)8-4-10-5-11-8/h4-7H,3,9H2,1-2H3. The predicted octanol–water partition coefficient (Wildman–Crippen LogP) is 1.37. The van der Waals surface area contributed by atoms with Crippen LogP contribution in [0.3, 0.4) is 0 Å². The van der Waals surface area contributed by atoms with Gasteiger partial charge in [0.05, 0.1) is 6.20 Å². The zero-order chi connectivity index (χ0) is 8.27. The number of hydrogen-bond acceptors (Lipinski definition) is 3. The van der Waals surface area contributed by atoms with Crippen LogP contribution < -0.4 is 5.73 Å². The first-order chi connectivity index (χ1) is 5.25. The Kier molecular flexibility index (Phi) is 2.65. The first-order valence-electron chi connectivity index (χ1n) is 3.84. The van der Waals surface area contributed by atoms with E-state index in [-0.39, 0.29) is 0 Å². The van der Waals surface area contributed by atoms with E-state index in [1.807, 2.05) is 0 Å². The summed E-state index contributed by atoms with van der Waals surface area (Å²) in [5.41, 5.74) is 5.58. The summed E-state index contributed by atoms with van der Waals surface area (Å²) in [6.45, 7) is 4.87. The molecule has 11 heavy (non-hydrogen) atoms. The highest BCUT2D eigenvalue weighted by Gasteiger charge is 2.16. The average Bonchev–Trinajstić information content (AvgIpc) is 2.40. The van der Waals surface area contributed by atoms with Gasteiger partial charge in [0.1, 0.15) is 5.76 Å². The molecule has 0 spiro atoms. The molecule has 0 saturated carbocycles. The molecule has 1 heterocycles. The molecule has 1 unspecified atom stereocenters. The van der Waals surface area contributed by atoms with Gasteiger partial charge in [-0.25, -0.2) is 4.98 Å². The summed E-state index contributed by atoms with van der Waals surface area (Å²) < 4.78 is 5.16. The smallest absolute Gasteiger partial charge is 0.180 e. The Hall–Kier alpha value is -0.830. The molecule has 1 atom stereocenters. The van der Waals surface area contributed by atoms with E-state index in [1.54, 1.807) is 6.20 Å². The van der Waals surface area contributed by atoms with Gasteiger partial charge in [0, 0.05) is 12.5 Å². The third-order valence-corrected chi connectivity index (χ3v) is 1.88. The maximum atomic E-state index is 5.58. The third kappa shape index (κ3) is 1.80. The average molecular weight is 154 g/mol. The van der Waals surface area contributed by atoms with Gasteiger partial charge >= 0.3 is 0 Å². The number of nitrogens with two attached hydrogens (primary N) is 1. The predicted molar refractivity (Wildman–Crippen MR) is 43.1 cm³/mol. The van der Waals surface area contributed by atoms with Crippen molar-refractivity contribution in [3.8, 4) is 0 Å². The molecule has 0 aliphatic rings. The number of nitrogens with zero attached hydrogens (tertiary/aromatic N) is 1. The fourth-order valence-corrected chi connectivity index (χ4v) is 1.13. The van der Waals surface area contributed by atoms with Crippen LogP contribution in [0.5, 0.6) is 0 Å². The van der Waals surface area contributed by atoms with Gasteiger partial charge in [0.15, 0.2) is 6.39 Å². The largest absolute Gasteiger partial charge is 0.448 e. The van der Waals surface area contributed by atoms with Crippen LogP contribution in [0, 0.1) is 5.92 Å². The summed E-state index contributed by atoms with van der Waals surface area (Å²) in [7, 11) is 0. The van der Waals surface area contributed by atoms with Crippen molar-refractivity contribution in [2.75, 3.05) is 6.54 Å². The third-order valence-electron chi connectivity index (χ3n) is 1.88. The highest BCUT2D eigenvalue weighted by Crippen LogP contribution is 2.21. The molecule has 0 saturated heterocycles. The van der Waals surface area contributed by atoms with Crippen molar-refractivity contribution in [2.24, 2.45) is 11.7 Å². The van der Waals surface area contributed by atoms with Crippen LogP contribution in [0.2, 0.25) is 0 Å². The van der Waals surface area contributed by atoms with Crippen molar-refractivity contribution in [3.05, 3.63) is 18.4 Å². The number of aromatic nitrogens is 1. The first kappa shape index (κ1) is 8.27. The van der Waals surface area contributed by atoms with Crippen LogP contribution in [-0.2, 0) is 0 Å². The van der Waals surface area contributed by atoms with Crippen molar-refractivity contribution in [3.63, 3.8) is 0 Å². The minimum atomic E-state index is 0.303. The molecule has 3 nitrogen and oxygen atoms in total. The van der Waals surface area contributed by atoms with Crippen molar-refractivity contribution >= 4 is 0 Å². The van der Waals surface area contributed by atoms with Crippen LogP contribution in [0.15, 0.2) is 17.0 Å². The Labute approximate surface area is 66.6 Å². The minimum Gasteiger partial charge on any atom is -0.448 e. The second-order valence-corrected chi connectivity index (χ2v) is 2.99. The molecule has 0 aliphatic heterocycles. The van der Waals surface area contributed by atoms with E-state index in [9.17, 15) is 0 Å². The van der Waals surface area contributed by atoms with E-state index >= 15 is 0 Å². The van der Waals surface area contributed by atoms with Gasteiger partial charge in [-0.05, 0) is 5.92 Å². The van der Waals surface area contributed by atoms with E-state index < -0.39 is 0 Å². The van der Waals surface area contributed by atoms with Crippen LogP contribution in [-0.4, -0.2) is 11.5 Å². The fourth-order valence-electron chi connectivity index (χ4n) is 1.13. The lowest BCUT2D eigenvalue weighted by Gasteiger charge is -2.14. The summed E-state index contributed by atoms with van der Waals surface area (Å²) in [4.78, 5) is 3.85. The van der Waals surface area contributed by atoms with Gasteiger partial charge in [-0.2, -0.15) is 0 Å². The molecule has 1 rings (SSSR count). The van der Waals surface area contributed by atoms with Gasteiger partial charge in [0.25, 0.3) is 0 Å². The van der Waals surface area contributed by atoms with Crippen LogP contribution in [0.1, 0.15) is 25.5 Å². The molecule has 0 radical (unpaired) electrons. The molecule has 1 aromatic heterocycles. The fraction of sp³-hybridized carbons (Fsp3) is 0.625. The first-order valence-corrected chi connectivity index (χ1v) is 3.84. The van der Waals surface area contributed by atoms with E-state index in [1.165, 1.54) is 6.39 Å². The molecule has 2 N–H and O–H groups in total. The lowest BCUT2D eigenvalue weighted by atomic mass is 9.94. The lowest BCUT2D eigenvalue weighted by Crippen LogP contribution is -2.17. The second-order valence-electron chi connectivity index (χ2n) is 2.99. The Morgan fingerprint density at radius 3 is 2.73 bits per heavy atom. The van der Waals surface area contributed by atoms with Gasteiger partial charge in [-0.1, -0.05) is 13.8 Å². The van der Waals surface area contributed by atoms with Crippen LogP contribution in [0.4, 0.5) is 0 Å². The van der Waals surface area contributed by atoms with Crippen molar-refractivity contribution in [1.29, 1.82) is 0 Å². The van der Waals surface area contributed by atoms with E-state index in [2.05, 4.69) is 18.8 Å². The molecule has 0 aromatic carbocycles. The molecule has 0 bridgehead atoms. The van der Waals surface area contributed by atoms with Gasteiger partial charge in [-0.3, -0.25) is 0 Å². The van der Waals surface area contributed by atoms with Crippen molar-refractivity contribution < 1.29 is 4.42 Å². The Morgan fingerprint density at radius 1 is 1.64 bits per heavy atom. The van der Waals surface area contributed by atoms with E-state index in [4.69, 9.17) is 10.2 Å². The quantitative estimate of drug-likeness (QED) is 0.715. The maximum Gasteiger partial charge on any atom is 0.180 e. The summed E-state index contributed by atoms with van der Waals surface area (Å²) in [5.74, 6) is 1.70. The second kappa shape index (κ2) is 3.53. The molecule has 62 valence electrons. The number of rotatable bonds is 3. The number of hydrogen-bond donors (Lipinski definition) is 1. The normalized spacial score (nSPS) is 13.8. The zero-order valence-corrected chi connectivity index (χ0v) is 6.95. The lowest BCUT2D eigenvalue weighted by molar-refractivity contribution is 0.399. The Bertz CT molecular complexity index is 194. The maximum absolute atomic E-state index is 5.58. The summed E-state index contributed by atoms with van der Waals surface area (Å²) in [6.07, 6.45) is 3.18. The summed E-state index contributed by atoms with van der Waals surface area (Å²) >= 11 is 0. The highest BCUT2D eigenvalue weighted by atomic mass is 16.3. The topological polar surface area (TPSA) is 52.0 Å². The SMILES string of the molecule is CC(C)C(CN)c1cnco1. The molecule has 0 amide bonds. The van der Waals surface area contributed by atoms with Gasteiger partial charge in [-0.15, -0.1) is 0 Å². The Morgan fingerprint density at radius 2 is 2.36 bits per heavy atom. The molecular formula is C8H14N2O. The molecule has 1 aromatic rings. The minimum absolute atomic E-state index is 0.303. The van der Waals surface area contributed by atoms with Crippen molar-refractivity contribution in [1.82, 2.24) is 4.98 Å². The van der Waals surface area contributed by atoms with Gasteiger partial charge in [0.2, 0.25) is 0 Å². The zero-order valence-electron chi connectivity index (χ0n) is 6.95.